The highest BCUT2D eigenvalue weighted by Crippen LogP contribution is 2.23. The second-order valence-electron chi connectivity index (χ2n) is 4.59. The van der Waals surface area contributed by atoms with Crippen molar-refractivity contribution < 1.29 is 38.1 Å². The fourth-order valence-corrected chi connectivity index (χ4v) is 1.97. The molecule has 0 N–H and O–H groups in total. The molecule has 8 nitrogen and oxygen atoms in total. The third kappa shape index (κ3) is 7.61. The molecule has 0 aromatic heterocycles. The first-order chi connectivity index (χ1) is 10.4. The fraction of sp³-hybridized carbons (Fsp3) is 0.571. The van der Waals surface area contributed by atoms with Gasteiger partial charge in [-0.25, -0.2) is 9.59 Å². The van der Waals surface area contributed by atoms with Gasteiger partial charge in [0.25, 0.3) is 0 Å². The van der Waals surface area contributed by atoms with E-state index in [0.717, 1.165) is 0 Å². The normalized spacial score (nSPS) is 20.6. The van der Waals surface area contributed by atoms with Crippen LogP contribution in [0.15, 0.2) is 0 Å². The highest BCUT2D eigenvalue weighted by atomic mass is 16.6. The fourth-order valence-electron chi connectivity index (χ4n) is 1.97. The van der Waals surface area contributed by atoms with E-state index in [2.05, 4.69) is 9.47 Å². The maximum atomic E-state index is 11.3. The molecule has 4 radical (unpaired) electrons. The molecule has 0 atom stereocenters. The molecule has 0 spiro atoms. The van der Waals surface area contributed by atoms with Gasteiger partial charge in [0.1, 0.15) is 12.2 Å². The molecule has 0 heterocycles. The van der Waals surface area contributed by atoms with Crippen LogP contribution < -0.4 is 0 Å². The molecule has 1 aliphatic rings. The van der Waals surface area contributed by atoms with Crippen LogP contribution in [0.25, 0.3) is 0 Å². The number of carbonyl (C=O) groups excluding carboxylic acids is 4. The minimum Gasteiger partial charge on any atom is -0.460 e. The maximum absolute atomic E-state index is 11.3. The number of rotatable bonds is 6. The summed E-state index contributed by atoms with van der Waals surface area (Å²) < 4.78 is 18.8. The highest BCUT2D eigenvalue weighted by Gasteiger charge is 2.26. The Bertz CT molecular complexity index is 383. The van der Waals surface area contributed by atoms with Crippen molar-refractivity contribution in [3.63, 3.8) is 0 Å². The molecular weight excluding hydrogens is 296 g/mol. The van der Waals surface area contributed by atoms with Gasteiger partial charge >= 0.3 is 23.9 Å². The quantitative estimate of drug-likeness (QED) is 0.494. The second kappa shape index (κ2) is 9.01. The average Bonchev–Trinajstić information content (AvgIpc) is 2.45. The summed E-state index contributed by atoms with van der Waals surface area (Å²) in [5, 5.41) is 0. The van der Waals surface area contributed by atoms with Crippen LogP contribution in [-0.4, -0.2) is 49.3 Å². The monoisotopic (exact) mass is 312 g/mol. The summed E-state index contributed by atoms with van der Waals surface area (Å²) in [6, 6.07) is 0. The number of hydrogen-bond acceptors (Lipinski definition) is 8. The zero-order chi connectivity index (χ0) is 16.5. The lowest BCUT2D eigenvalue weighted by Crippen LogP contribution is -2.31. The van der Waals surface area contributed by atoms with E-state index >= 15 is 0 Å². The first kappa shape index (κ1) is 17.9. The molecule has 22 heavy (non-hydrogen) atoms. The number of carbonyl (C=O) groups is 4. The van der Waals surface area contributed by atoms with E-state index in [9.17, 15) is 19.2 Å². The first-order valence-corrected chi connectivity index (χ1v) is 6.60. The van der Waals surface area contributed by atoms with E-state index in [1.54, 1.807) is 0 Å². The Balaban J connectivity index is 2.20. The Hall–Kier alpha value is -2.12. The molecule has 8 heteroatoms. The lowest BCUT2D eigenvalue weighted by atomic mass is 9.95. The standard InChI is InChI=1S/C14H16O8/c1-9(15)19-7-13(17)21-11-3-5-12(6-4-11)22-14(18)8-20-10(2)16/h1-2,11-12H,3-8H2. The van der Waals surface area contributed by atoms with E-state index in [1.807, 2.05) is 0 Å². The molecular formula is C14H16O8. The summed E-state index contributed by atoms with van der Waals surface area (Å²) >= 11 is 0. The van der Waals surface area contributed by atoms with Crippen LogP contribution in [0.1, 0.15) is 25.7 Å². The molecule has 1 aliphatic carbocycles. The summed E-state index contributed by atoms with van der Waals surface area (Å²) in [5.41, 5.74) is 0. The van der Waals surface area contributed by atoms with Gasteiger partial charge in [0.15, 0.2) is 13.2 Å². The van der Waals surface area contributed by atoms with Crippen LogP contribution in [-0.2, 0) is 38.1 Å². The van der Waals surface area contributed by atoms with E-state index in [1.165, 1.54) is 0 Å². The molecule has 0 unspecified atom stereocenters. The Morgan fingerprint density at radius 1 is 0.727 bits per heavy atom. The molecule has 0 aromatic carbocycles. The van der Waals surface area contributed by atoms with E-state index in [0.29, 0.717) is 25.7 Å². The van der Waals surface area contributed by atoms with Crippen molar-refractivity contribution >= 4 is 23.9 Å². The Kier molecular flexibility index (Phi) is 7.34. The Morgan fingerprint density at radius 3 is 1.32 bits per heavy atom. The van der Waals surface area contributed by atoms with Gasteiger partial charge < -0.3 is 18.9 Å². The van der Waals surface area contributed by atoms with Crippen LogP contribution >= 0.6 is 0 Å². The highest BCUT2D eigenvalue weighted by molar-refractivity contribution is 5.79. The van der Waals surface area contributed by atoms with Gasteiger partial charge in [0.05, 0.1) is 13.8 Å². The summed E-state index contributed by atoms with van der Waals surface area (Å²) in [6.45, 7) is 8.38. The third-order valence-corrected chi connectivity index (χ3v) is 2.88. The van der Waals surface area contributed by atoms with Crippen molar-refractivity contribution in [3.8, 4) is 0 Å². The predicted molar refractivity (Wildman–Crippen MR) is 68.7 cm³/mol. The average molecular weight is 312 g/mol. The van der Waals surface area contributed by atoms with Gasteiger partial charge in [-0.05, 0) is 25.7 Å². The summed E-state index contributed by atoms with van der Waals surface area (Å²) in [4.78, 5) is 43.3. The molecule has 0 aliphatic heterocycles. The summed E-state index contributed by atoms with van der Waals surface area (Å²) in [6.07, 6.45) is 1.32. The van der Waals surface area contributed by atoms with Crippen molar-refractivity contribution in [2.75, 3.05) is 13.2 Å². The van der Waals surface area contributed by atoms with Crippen LogP contribution in [0.4, 0.5) is 0 Å². The van der Waals surface area contributed by atoms with Crippen LogP contribution in [0, 0.1) is 13.8 Å². The zero-order valence-electron chi connectivity index (χ0n) is 11.8. The van der Waals surface area contributed by atoms with E-state index in [4.69, 9.17) is 23.3 Å². The topological polar surface area (TPSA) is 105 Å². The minimum absolute atomic E-state index is 0.333. The second-order valence-corrected chi connectivity index (χ2v) is 4.59. The van der Waals surface area contributed by atoms with Crippen molar-refractivity contribution in [2.45, 2.75) is 37.9 Å². The molecule has 1 saturated carbocycles. The Labute approximate surface area is 128 Å². The SMILES string of the molecule is [CH]C(=O)OCC(=O)OC1CCC(OC(=O)COC([CH])=O)CC1. The molecule has 0 bridgehead atoms. The van der Waals surface area contributed by atoms with Crippen molar-refractivity contribution in [1.82, 2.24) is 0 Å². The van der Waals surface area contributed by atoms with Gasteiger partial charge in [-0.15, -0.1) is 0 Å². The van der Waals surface area contributed by atoms with Crippen LogP contribution in [0.5, 0.6) is 0 Å². The van der Waals surface area contributed by atoms with Gasteiger partial charge in [-0.3, -0.25) is 9.59 Å². The van der Waals surface area contributed by atoms with E-state index in [-0.39, 0.29) is 12.2 Å². The van der Waals surface area contributed by atoms with Gasteiger partial charge in [0.2, 0.25) is 0 Å². The lowest BCUT2D eigenvalue weighted by molar-refractivity contribution is -0.166. The molecule has 0 saturated heterocycles. The molecule has 1 rings (SSSR count). The summed E-state index contributed by atoms with van der Waals surface area (Å²) in [5.74, 6) is -3.47. The van der Waals surface area contributed by atoms with Gasteiger partial charge in [-0.2, -0.15) is 0 Å². The summed E-state index contributed by atoms with van der Waals surface area (Å²) in [7, 11) is 0. The molecule has 0 amide bonds. The lowest BCUT2D eigenvalue weighted by Gasteiger charge is -2.28. The minimum atomic E-state index is -1.05. The third-order valence-electron chi connectivity index (χ3n) is 2.88. The predicted octanol–water partition coefficient (Wildman–Crippen LogP) is -0.107. The number of esters is 4. The molecule has 120 valence electrons. The van der Waals surface area contributed by atoms with Gasteiger partial charge in [-0.1, -0.05) is 0 Å². The van der Waals surface area contributed by atoms with Crippen LogP contribution in [0.3, 0.4) is 0 Å². The van der Waals surface area contributed by atoms with Crippen molar-refractivity contribution in [3.05, 3.63) is 13.8 Å². The van der Waals surface area contributed by atoms with Crippen LogP contribution in [0.2, 0.25) is 0 Å². The maximum Gasteiger partial charge on any atom is 0.344 e. The van der Waals surface area contributed by atoms with Gasteiger partial charge in [0, 0.05) is 0 Å². The van der Waals surface area contributed by atoms with E-state index < -0.39 is 37.1 Å². The molecule has 1 fully saturated rings. The van der Waals surface area contributed by atoms with Crippen molar-refractivity contribution in [2.24, 2.45) is 0 Å². The number of hydrogen-bond donors (Lipinski definition) is 0. The molecule has 0 aromatic rings. The number of ether oxygens (including phenoxy) is 4. The Morgan fingerprint density at radius 2 is 1.05 bits per heavy atom. The zero-order valence-corrected chi connectivity index (χ0v) is 11.8. The largest absolute Gasteiger partial charge is 0.460 e. The first-order valence-electron chi connectivity index (χ1n) is 6.60. The van der Waals surface area contributed by atoms with Crippen molar-refractivity contribution in [1.29, 1.82) is 0 Å². The smallest absolute Gasteiger partial charge is 0.344 e.